The first-order valence-electron chi connectivity index (χ1n) is 5.91. The number of fused-ring (bicyclic) bond motifs is 1. The largest absolute Gasteiger partial charge is 0.381 e. The van der Waals surface area contributed by atoms with Crippen LogP contribution in [0.25, 0.3) is 0 Å². The van der Waals surface area contributed by atoms with E-state index < -0.39 is 0 Å². The summed E-state index contributed by atoms with van der Waals surface area (Å²) < 4.78 is 5.42. The van der Waals surface area contributed by atoms with Crippen molar-refractivity contribution in [1.82, 2.24) is 0 Å². The average molecular weight is 216 g/mol. The Kier molecular flexibility index (Phi) is 2.62. The van der Waals surface area contributed by atoms with Crippen LogP contribution in [0.2, 0.25) is 0 Å². The molecule has 2 heterocycles. The average Bonchev–Trinajstić information content (AvgIpc) is 2.39. The molecule has 1 saturated heterocycles. The first-order chi connectivity index (χ1) is 7.95. The SMILES string of the molecule is C1=Nc2ccccc2N(C2CCOCC2)C1. The third-order valence-electron chi connectivity index (χ3n) is 3.33. The maximum Gasteiger partial charge on any atom is 0.0860 e. The van der Waals surface area contributed by atoms with Crippen LogP contribution in [0.15, 0.2) is 29.3 Å². The van der Waals surface area contributed by atoms with Gasteiger partial charge in [0.05, 0.1) is 17.9 Å². The zero-order valence-electron chi connectivity index (χ0n) is 9.30. The fourth-order valence-electron chi connectivity index (χ4n) is 2.48. The van der Waals surface area contributed by atoms with E-state index in [2.05, 4.69) is 28.1 Å². The summed E-state index contributed by atoms with van der Waals surface area (Å²) in [6.07, 6.45) is 4.27. The van der Waals surface area contributed by atoms with Crippen molar-refractivity contribution in [3.63, 3.8) is 0 Å². The Labute approximate surface area is 95.7 Å². The monoisotopic (exact) mass is 216 g/mol. The third-order valence-corrected chi connectivity index (χ3v) is 3.33. The van der Waals surface area contributed by atoms with Crippen LogP contribution < -0.4 is 4.90 Å². The second-order valence-electron chi connectivity index (χ2n) is 4.30. The number of aliphatic imine (C=N–C) groups is 1. The molecule has 0 bridgehead atoms. The summed E-state index contributed by atoms with van der Waals surface area (Å²) in [5, 5.41) is 0. The van der Waals surface area contributed by atoms with E-state index in [0.29, 0.717) is 6.04 Å². The number of hydrogen-bond acceptors (Lipinski definition) is 3. The van der Waals surface area contributed by atoms with Gasteiger partial charge in [0, 0.05) is 25.5 Å². The molecule has 0 N–H and O–H groups in total. The lowest BCUT2D eigenvalue weighted by molar-refractivity contribution is 0.0850. The topological polar surface area (TPSA) is 24.8 Å². The smallest absolute Gasteiger partial charge is 0.0860 e. The zero-order valence-corrected chi connectivity index (χ0v) is 9.30. The van der Waals surface area contributed by atoms with Crippen LogP contribution >= 0.6 is 0 Å². The van der Waals surface area contributed by atoms with E-state index in [0.717, 1.165) is 38.3 Å². The predicted molar refractivity (Wildman–Crippen MR) is 65.8 cm³/mol. The Morgan fingerprint density at radius 2 is 2.00 bits per heavy atom. The van der Waals surface area contributed by atoms with E-state index in [1.54, 1.807) is 0 Å². The number of hydrogen-bond donors (Lipinski definition) is 0. The molecule has 0 amide bonds. The van der Waals surface area contributed by atoms with Crippen molar-refractivity contribution in [1.29, 1.82) is 0 Å². The molecular weight excluding hydrogens is 200 g/mol. The van der Waals surface area contributed by atoms with Crippen molar-refractivity contribution in [2.24, 2.45) is 4.99 Å². The van der Waals surface area contributed by atoms with Crippen molar-refractivity contribution in [3.05, 3.63) is 24.3 Å². The number of nitrogens with zero attached hydrogens (tertiary/aromatic N) is 2. The zero-order chi connectivity index (χ0) is 10.8. The lowest BCUT2D eigenvalue weighted by Gasteiger charge is -2.37. The van der Waals surface area contributed by atoms with E-state index in [1.165, 1.54) is 5.69 Å². The van der Waals surface area contributed by atoms with Gasteiger partial charge in [-0.25, -0.2) is 0 Å². The summed E-state index contributed by atoms with van der Waals surface area (Å²) >= 11 is 0. The highest BCUT2D eigenvalue weighted by atomic mass is 16.5. The van der Waals surface area contributed by atoms with E-state index in [-0.39, 0.29) is 0 Å². The van der Waals surface area contributed by atoms with Gasteiger partial charge in [0.15, 0.2) is 0 Å². The standard InChI is InChI=1S/C13H16N2O/c1-2-4-13-12(3-1)14-7-8-15(13)11-5-9-16-10-6-11/h1-4,7,11H,5-6,8-10H2. The van der Waals surface area contributed by atoms with Gasteiger partial charge in [-0.2, -0.15) is 0 Å². The van der Waals surface area contributed by atoms with Crippen molar-refractivity contribution >= 4 is 17.6 Å². The maximum atomic E-state index is 5.42. The third kappa shape index (κ3) is 1.71. The highest BCUT2D eigenvalue weighted by Crippen LogP contribution is 2.33. The molecule has 0 aromatic heterocycles. The van der Waals surface area contributed by atoms with Gasteiger partial charge >= 0.3 is 0 Å². The van der Waals surface area contributed by atoms with Gasteiger partial charge in [0.25, 0.3) is 0 Å². The van der Waals surface area contributed by atoms with Gasteiger partial charge in [-0.15, -0.1) is 0 Å². The minimum Gasteiger partial charge on any atom is -0.381 e. The van der Waals surface area contributed by atoms with E-state index >= 15 is 0 Å². The summed E-state index contributed by atoms with van der Waals surface area (Å²) in [5.74, 6) is 0. The van der Waals surface area contributed by atoms with E-state index in [9.17, 15) is 0 Å². The Morgan fingerprint density at radius 3 is 2.88 bits per heavy atom. The highest BCUT2D eigenvalue weighted by Gasteiger charge is 2.24. The van der Waals surface area contributed by atoms with Gasteiger partial charge < -0.3 is 9.64 Å². The van der Waals surface area contributed by atoms with Gasteiger partial charge in [-0.1, -0.05) is 12.1 Å². The molecule has 3 heteroatoms. The molecule has 16 heavy (non-hydrogen) atoms. The lowest BCUT2D eigenvalue weighted by atomic mass is 10.0. The Bertz CT molecular complexity index is 397. The van der Waals surface area contributed by atoms with Crippen LogP contribution in [-0.4, -0.2) is 32.0 Å². The molecule has 0 aliphatic carbocycles. The molecule has 3 nitrogen and oxygen atoms in total. The summed E-state index contributed by atoms with van der Waals surface area (Å²) in [5.41, 5.74) is 2.37. The van der Waals surface area contributed by atoms with Crippen LogP contribution in [0.3, 0.4) is 0 Å². The normalized spacial score (nSPS) is 20.9. The molecule has 0 radical (unpaired) electrons. The fourth-order valence-corrected chi connectivity index (χ4v) is 2.48. The summed E-state index contributed by atoms with van der Waals surface area (Å²) in [6, 6.07) is 9.00. The van der Waals surface area contributed by atoms with Crippen LogP contribution in [0.5, 0.6) is 0 Å². The molecule has 1 aromatic rings. The molecule has 0 unspecified atom stereocenters. The first-order valence-corrected chi connectivity index (χ1v) is 5.91. The number of anilines is 1. The molecular formula is C13H16N2O. The molecule has 0 atom stereocenters. The fraction of sp³-hybridized carbons (Fsp3) is 0.462. The van der Waals surface area contributed by atoms with Gasteiger partial charge in [0.2, 0.25) is 0 Å². The molecule has 1 aromatic carbocycles. The maximum absolute atomic E-state index is 5.42. The van der Waals surface area contributed by atoms with Crippen LogP contribution in [0.1, 0.15) is 12.8 Å². The summed E-state index contributed by atoms with van der Waals surface area (Å²) in [4.78, 5) is 6.90. The molecule has 2 aliphatic heterocycles. The van der Waals surface area contributed by atoms with Crippen molar-refractivity contribution in [2.75, 3.05) is 24.7 Å². The Balaban J connectivity index is 1.88. The number of benzene rings is 1. The lowest BCUT2D eigenvalue weighted by Crippen LogP contribution is -2.41. The number of rotatable bonds is 1. The highest BCUT2D eigenvalue weighted by molar-refractivity contribution is 5.81. The van der Waals surface area contributed by atoms with Crippen LogP contribution in [0.4, 0.5) is 11.4 Å². The molecule has 0 saturated carbocycles. The molecule has 84 valence electrons. The molecule has 0 spiro atoms. The number of para-hydroxylation sites is 2. The van der Waals surface area contributed by atoms with Gasteiger partial charge in [-0.05, 0) is 25.0 Å². The second kappa shape index (κ2) is 4.26. The number of ether oxygens (including phenoxy) is 1. The second-order valence-corrected chi connectivity index (χ2v) is 4.30. The Hall–Kier alpha value is -1.35. The molecule has 3 rings (SSSR count). The predicted octanol–water partition coefficient (Wildman–Crippen LogP) is 2.39. The van der Waals surface area contributed by atoms with Gasteiger partial charge in [-0.3, -0.25) is 4.99 Å². The van der Waals surface area contributed by atoms with Crippen molar-refractivity contribution in [2.45, 2.75) is 18.9 Å². The van der Waals surface area contributed by atoms with Crippen LogP contribution in [0, 0.1) is 0 Å². The van der Waals surface area contributed by atoms with Crippen molar-refractivity contribution < 1.29 is 4.74 Å². The van der Waals surface area contributed by atoms with E-state index in [4.69, 9.17) is 4.74 Å². The summed E-state index contributed by atoms with van der Waals surface area (Å²) in [7, 11) is 0. The van der Waals surface area contributed by atoms with Gasteiger partial charge in [0.1, 0.15) is 0 Å². The molecule has 1 fully saturated rings. The summed E-state index contributed by atoms with van der Waals surface area (Å²) in [6.45, 7) is 2.71. The molecule has 2 aliphatic rings. The quantitative estimate of drug-likeness (QED) is 0.720. The minimum atomic E-state index is 0.613. The van der Waals surface area contributed by atoms with Crippen molar-refractivity contribution in [3.8, 4) is 0 Å². The Morgan fingerprint density at radius 1 is 1.19 bits per heavy atom. The minimum absolute atomic E-state index is 0.613. The van der Waals surface area contributed by atoms with E-state index in [1.807, 2.05) is 12.3 Å². The van der Waals surface area contributed by atoms with Crippen LogP contribution in [-0.2, 0) is 4.74 Å². The first kappa shape index (κ1) is 9.85.